The Morgan fingerprint density at radius 3 is 1.85 bits per heavy atom. The van der Waals surface area contributed by atoms with Gasteiger partial charge >= 0.3 is 0 Å². The van der Waals surface area contributed by atoms with Crippen LogP contribution in [0.3, 0.4) is 0 Å². The second-order valence-electron chi connectivity index (χ2n) is 15.7. The molecule has 0 amide bonds. The Kier molecular flexibility index (Phi) is 10.4. The smallest absolute Gasteiger partial charge is 0.154 e. The summed E-state index contributed by atoms with van der Waals surface area (Å²) in [6.45, 7) is 13.3. The first-order chi connectivity index (χ1) is 29.5. The predicted molar refractivity (Wildman–Crippen MR) is 255 cm³/mol. The molecule has 4 nitrogen and oxygen atoms in total. The summed E-state index contributed by atoms with van der Waals surface area (Å²) >= 11 is 0. The Labute approximate surface area is 352 Å². The third-order valence-electron chi connectivity index (χ3n) is 11.7. The van der Waals surface area contributed by atoms with E-state index in [4.69, 9.17) is 4.99 Å². The van der Waals surface area contributed by atoms with Crippen LogP contribution in [-0.4, -0.2) is 23.8 Å². The minimum atomic E-state index is -0.0715. The third kappa shape index (κ3) is 7.07. The Morgan fingerprint density at radius 2 is 1.10 bits per heavy atom. The summed E-state index contributed by atoms with van der Waals surface area (Å²) in [4.78, 5) is 13.0. The average molecular weight is 775 g/mol. The van der Waals surface area contributed by atoms with E-state index in [1.165, 1.54) is 66.4 Å². The Hall–Kier alpha value is -7.43. The van der Waals surface area contributed by atoms with Crippen LogP contribution in [0.2, 0.25) is 0 Å². The molecule has 0 aliphatic heterocycles. The molecule has 0 N–H and O–H groups in total. The van der Waals surface area contributed by atoms with E-state index in [-0.39, 0.29) is 5.41 Å². The lowest BCUT2D eigenvalue weighted by Gasteiger charge is -2.22. The van der Waals surface area contributed by atoms with Crippen LogP contribution < -0.4 is 0 Å². The largest absolute Gasteiger partial charge is 0.309 e. The monoisotopic (exact) mass is 774 g/mol. The maximum absolute atomic E-state index is 4.87. The van der Waals surface area contributed by atoms with E-state index >= 15 is 0 Å². The molecule has 0 atom stereocenters. The summed E-state index contributed by atoms with van der Waals surface area (Å²) < 4.78 is 2.40. The number of benzene rings is 8. The zero-order valence-corrected chi connectivity index (χ0v) is 34.1. The number of hydrogen-bond donors (Lipinski definition) is 0. The fraction of sp³-hybridized carbons (Fsp3) is 0.0893. The highest BCUT2D eigenvalue weighted by Gasteiger charge is 2.35. The van der Waals surface area contributed by atoms with Crippen LogP contribution in [0.1, 0.15) is 41.7 Å². The van der Waals surface area contributed by atoms with Gasteiger partial charge in [-0.25, -0.2) is 4.99 Å². The topological polar surface area (TPSA) is 42.0 Å². The molecule has 1 aromatic heterocycles. The van der Waals surface area contributed by atoms with E-state index in [0.717, 1.165) is 28.9 Å². The molecule has 290 valence electrons. The molecule has 0 saturated heterocycles. The molecule has 0 unspecified atom stereocenters. The summed E-state index contributed by atoms with van der Waals surface area (Å²) in [5.74, 6) is 0.633. The average Bonchev–Trinajstić information content (AvgIpc) is 3.76. The van der Waals surface area contributed by atoms with Gasteiger partial charge in [-0.1, -0.05) is 184 Å². The van der Waals surface area contributed by atoms with E-state index in [1.54, 1.807) is 0 Å². The number of nitrogens with zero attached hydrogens (tertiary/aromatic N) is 4. The zero-order valence-electron chi connectivity index (χ0n) is 34.1. The summed E-state index contributed by atoms with van der Waals surface area (Å²) in [5.41, 5.74) is 16.9. The van der Waals surface area contributed by atoms with Gasteiger partial charge in [0.15, 0.2) is 5.84 Å². The van der Waals surface area contributed by atoms with E-state index < -0.39 is 0 Å². The summed E-state index contributed by atoms with van der Waals surface area (Å²) in [6.07, 6.45) is 0. The van der Waals surface area contributed by atoms with Gasteiger partial charge in [0.1, 0.15) is 0 Å². The molecule has 8 aromatic carbocycles. The standard InChI is InChI=1S/C48H37N3.C8H9N/c1-48(2)43-25-11-9-21-38(43)39-28-27-33(30-44(39)48)36-19-7-8-20-37(36)41-23-14-24-42-40-22-10-12-26-45(40)51(46(41)42)35-18-13-17-34(29-35)47(49-3)50-31-32-15-5-4-6-16-32;1-9-7-8-5-3-2-4-6-8/h4-30H,3,31H2,1-2H3;2-6H,1,7H2. The van der Waals surface area contributed by atoms with Crippen LogP contribution in [0.25, 0.3) is 60.9 Å². The second-order valence-corrected chi connectivity index (χ2v) is 15.7. The van der Waals surface area contributed by atoms with E-state index in [1.807, 2.05) is 48.5 Å². The minimum absolute atomic E-state index is 0.0715. The number of hydrogen-bond acceptors (Lipinski definition) is 2. The first kappa shape index (κ1) is 38.1. The molecular weight excluding hydrogens is 729 g/mol. The van der Waals surface area contributed by atoms with Gasteiger partial charge in [0.2, 0.25) is 0 Å². The molecule has 0 spiro atoms. The highest BCUT2D eigenvalue weighted by atomic mass is 15.0. The lowest BCUT2D eigenvalue weighted by Crippen LogP contribution is -2.14. The zero-order chi connectivity index (χ0) is 41.1. The van der Waals surface area contributed by atoms with Crippen LogP contribution in [0.4, 0.5) is 0 Å². The van der Waals surface area contributed by atoms with Gasteiger partial charge < -0.3 is 4.57 Å². The quantitative estimate of drug-likeness (QED) is 0.109. The van der Waals surface area contributed by atoms with Crippen molar-refractivity contribution in [2.24, 2.45) is 15.0 Å². The van der Waals surface area contributed by atoms with Gasteiger partial charge in [-0.15, -0.1) is 0 Å². The molecule has 60 heavy (non-hydrogen) atoms. The van der Waals surface area contributed by atoms with E-state index in [9.17, 15) is 0 Å². The van der Waals surface area contributed by atoms with Crippen LogP contribution >= 0.6 is 0 Å². The first-order valence-corrected chi connectivity index (χ1v) is 20.4. The van der Waals surface area contributed by atoms with Gasteiger partial charge in [-0.3, -0.25) is 9.98 Å². The molecule has 10 rings (SSSR count). The molecule has 4 heteroatoms. The number of aliphatic imine (C=N–C) groups is 3. The highest BCUT2D eigenvalue weighted by molar-refractivity contribution is 6.15. The number of rotatable bonds is 8. The minimum Gasteiger partial charge on any atom is -0.309 e. The van der Waals surface area contributed by atoms with Crippen molar-refractivity contribution in [2.75, 3.05) is 0 Å². The first-order valence-electron chi connectivity index (χ1n) is 20.4. The molecule has 0 radical (unpaired) electrons. The lowest BCUT2D eigenvalue weighted by atomic mass is 9.81. The SMILES string of the molecule is C=NC(=NCc1ccccc1)c1cccc(-n2c3ccccc3c3cccc(-c4ccccc4-c4ccc5c(c4)C(C)(C)c4ccccc4-5)c32)c1.C=NCc1ccccc1. The van der Waals surface area contributed by atoms with Gasteiger partial charge in [0, 0.05) is 33.0 Å². The Bertz CT molecular complexity index is 3040. The van der Waals surface area contributed by atoms with E-state index in [0.29, 0.717) is 12.4 Å². The summed E-state index contributed by atoms with van der Waals surface area (Å²) in [6, 6.07) is 69.0. The molecule has 0 saturated carbocycles. The van der Waals surface area contributed by atoms with Crippen LogP contribution in [0, 0.1) is 0 Å². The molecule has 1 heterocycles. The number of fused-ring (bicyclic) bond motifs is 6. The molecule has 1 aliphatic carbocycles. The third-order valence-corrected chi connectivity index (χ3v) is 11.7. The van der Waals surface area contributed by atoms with Crippen molar-refractivity contribution in [3.63, 3.8) is 0 Å². The van der Waals surface area contributed by atoms with Crippen molar-refractivity contribution in [1.29, 1.82) is 0 Å². The van der Waals surface area contributed by atoms with Crippen molar-refractivity contribution in [3.05, 3.63) is 222 Å². The van der Waals surface area contributed by atoms with Crippen LogP contribution in [0.5, 0.6) is 0 Å². The van der Waals surface area contributed by atoms with Crippen molar-refractivity contribution < 1.29 is 0 Å². The highest BCUT2D eigenvalue weighted by Crippen LogP contribution is 2.50. The second kappa shape index (κ2) is 16.4. The van der Waals surface area contributed by atoms with Crippen molar-refractivity contribution in [1.82, 2.24) is 4.57 Å². The maximum atomic E-state index is 4.87. The van der Waals surface area contributed by atoms with E-state index in [2.05, 4.69) is 187 Å². The van der Waals surface area contributed by atoms with Crippen LogP contribution in [-0.2, 0) is 18.5 Å². The number of amidine groups is 1. The fourth-order valence-electron chi connectivity index (χ4n) is 8.82. The van der Waals surface area contributed by atoms with Gasteiger partial charge in [0.05, 0.1) is 24.1 Å². The van der Waals surface area contributed by atoms with Crippen LogP contribution in [0.15, 0.2) is 209 Å². The normalized spacial score (nSPS) is 12.7. The molecule has 0 bridgehead atoms. The van der Waals surface area contributed by atoms with Gasteiger partial charge in [-0.05, 0) is 87.8 Å². The summed E-state index contributed by atoms with van der Waals surface area (Å²) in [7, 11) is 0. The maximum Gasteiger partial charge on any atom is 0.154 e. The van der Waals surface area contributed by atoms with Crippen molar-refractivity contribution >= 4 is 41.1 Å². The van der Waals surface area contributed by atoms with Gasteiger partial charge in [-0.2, -0.15) is 0 Å². The Morgan fingerprint density at radius 1 is 0.500 bits per heavy atom. The number of para-hydroxylation sites is 2. The predicted octanol–water partition coefficient (Wildman–Crippen LogP) is 14.0. The molecule has 9 aromatic rings. The fourth-order valence-corrected chi connectivity index (χ4v) is 8.82. The molecule has 1 aliphatic rings. The molecule has 0 fully saturated rings. The Balaban J connectivity index is 0.000000458. The van der Waals surface area contributed by atoms with Crippen molar-refractivity contribution in [3.8, 4) is 39.1 Å². The summed E-state index contributed by atoms with van der Waals surface area (Å²) in [5, 5.41) is 2.43. The number of aromatic nitrogens is 1. The van der Waals surface area contributed by atoms with Crippen molar-refractivity contribution in [2.45, 2.75) is 32.4 Å². The lowest BCUT2D eigenvalue weighted by molar-refractivity contribution is 0.660. The van der Waals surface area contributed by atoms with Gasteiger partial charge in [0.25, 0.3) is 0 Å². The molecular formula is C56H46N4.